The van der Waals surface area contributed by atoms with E-state index >= 15 is 0 Å². The van der Waals surface area contributed by atoms with E-state index in [1.807, 2.05) is 5.38 Å². The summed E-state index contributed by atoms with van der Waals surface area (Å²) >= 11 is 2.43. The predicted molar refractivity (Wildman–Crippen MR) is 115 cm³/mol. The van der Waals surface area contributed by atoms with Gasteiger partial charge in [-0.1, -0.05) is 23.9 Å². The molecule has 30 heavy (non-hydrogen) atoms. The van der Waals surface area contributed by atoms with Gasteiger partial charge in [0.25, 0.3) is 5.56 Å². The summed E-state index contributed by atoms with van der Waals surface area (Å²) in [6.45, 7) is 0.00479. The maximum Gasteiger partial charge on any atom is 0.260 e. The van der Waals surface area contributed by atoms with E-state index < -0.39 is 0 Å². The lowest BCUT2D eigenvalue weighted by Crippen LogP contribution is -2.39. The third-order valence-corrected chi connectivity index (χ3v) is 6.39. The summed E-state index contributed by atoms with van der Waals surface area (Å²) in [5, 5.41) is 5.43. The van der Waals surface area contributed by atoms with Crippen LogP contribution in [-0.2, 0) is 9.59 Å². The highest BCUT2D eigenvalue weighted by Gasteiger charge is 2.24. The molecule has 0 radical (unpaired) electrons. The average molecular weight is 447 g/mol. The number of hydrogen-bond acceptors (Lipinski definition) is 6. The van der Waals surface area contributed by atoms with Gasteiger partial charge in [-0.15, -0.1) is 11.3 Å². The fourth-order valence-electron chi connectivity index (χ4n) is 2.88. The molecule has 2 amide bonds. The fraction of sp³-hybridized carbons (Fsp3) is 0.300. The van der Waals surface area contributed by atoms with E-state index in [2.05, 4.69) is 15.3 Å². The van der Waals surface area contributed by atoms with Crippen molar-refractivity contribution < 1.29 is 14.0 Å². The molecule has 1 aromatic carbocycles. The highest BCUT2D eigenvalue weighted by molar-refractivity contribution is 7.99. The molecule has 1 aliphatic carbocycles. The monoisotopic (exact) mass is 446 g/mol. The van der Waals surface area contributed by atoms with Crippen LogP contribution in [0.25, 0.3) is 21.3 Å². The topological polar surface area (TPSA) is 95.2 Å². The van der Waals surface area contributed by atoms with Gasteiger partial charge in [-0.05, 0) is 30.5 Å². The van der Waals surface area contributed by atoms with Crippen molar-refractivity contribution in [2.24, 2.45) is 0 Å². The van der Waals surface area contributed by atoms with Gasteiger partial charge in [0.2, 0.25) is 11.8 Å². The van der Waals surface area contributed by atoms with E-state index in [1.54, 1.807) is 19.2 Å². The quantitative estimate of drug-likeness (QED) is 0.430. The Labute approximate surface area is 179 Å². The van der Waals surface area contributed by atoms with Gasteiger partial charge in [0.15, 0.2) is 5.16 Å². The lowest BCUT2D eigenvalue weighted by molar-refractivity contribution is -0.132. The number of halogens is 1. The number of rotatable bonds is 7. The molecule has 0 atom stereocenters. The molecule has 10 heteroatoms. The van der Waals surface area contributed by atoms with Gasteiger partial charge in [-0.25, -0.2) is 9.37 Å². The number of carbonyl (C=O) groups is 2. The minimum atomic E-state index is -0.344. The van der Waals surface area contributed by atoms with Gasteiger partial charge in [0.1, 0.15) is 10.6 Å². The number of nitrogens with zero attached hydrogens (tertiary/aromatic N) is 2. The second-order valence-electron chi connectivity index (χ2n) is 7.09. The van der Waals surface area contributed by atoms with Crippen LogP contribution in [0.2, 0.25) is 0 Å². The molecule has 0 bridgehead atoms. The minimum absolute atomic E-state index is 0.00479. The number of H-pyrrole nitrogens is 1. The molecule has 1 saturated carbocycles. The number of benzene rings is 1. The molecule has 1 aliphatic rings. The molecule has 156 valence electrons. The number of nitrogens with one attached hydrogen (secondary N) is 2. The molecule has 2 heterocycles. The van der Waals surface area contributed by atoms with Crippen molar-refractivity contribution in [1.82, 2.24) is 20.2 Å². The normalized spacial score (nSPS) is 13.4. The number of carbonyl (C=O) groups excluding carboxylic acids is 2. The minimum Gasteiger partial charge on any atom is -0.352 e. The maximum absolute atomic E-state index is 13.2. The zero-order chi connectivity index (χ0) is 21.3. The van der Waals surface area contributed by atoms with Crippen molar-refractivity contribution in [2.75, 3.05) is 19.3 Å². The molecular formula is C20H19FN4O3S2. The third kappa shape index (κ3) is 4.71. The van der Waals surface area contributed by atoms with Gasteiger partial charge in [-0.2, -0.15) is 0 Å². The van der Waals surface area contributed by atoms with Crippen molar-refractivity contribution in [3.8, 4) is 11.1 Å². The van der Waals surface area contributed by atoms with Crippen molar-refractivity contribution >= 4 is 45.1 Å². The molecule has 1 fully saturated rings. The Morgan fingerprint density at radius 3 is 2.77 bits per heavy atom. The van der Waals surface area contributed by atoms with Crippen molar-refractivity contribution in [2.45, 2.75) is 24.0 Å². The van der Waals surface area contributed by atoms with Gasteiger partial charge >= 0.3 is 0 Å². The number of aromatic amines is 1. The number of thiophene rings is 1. The summed E-state index contributed by atoms with van der Waals surface area (Å²) in [6, 6.07) is 6.18. The molecular weight excluding hydrogens is 427 g/mol. The first-order valence-electron chi connectivity index (χ1n) is 9.34. The molecule has 3 aromatic rings. The summed E-state index contributed by atoms with van der Waals surface area (Å²) in [6.07, 6.45) is 1.98. The third-order valence-electron chi connectivity index (χ3n) is 4.66. The van der Waals surface area contributed by atoms with E-state index in [4.69, 9.17) is 0 Å². The standard InChI is InChI=1S/C20H19FN4O3S2/c1-25(8-15(26)22-13-6-7-13)16(27)10-30-20-23-18(28)17-14(9-29-19(17)24-20)11-2-4-12(21)5-3-11/h2-5,9,13H,6-8,10H2,1H3,(H,22,26)(H,23,24,28). The first kappa shape index (κ1) is 20.5. The van der Waals surface area contributed by atoms with Crippen molar-refractivity contribution in [3.05, 3.63) is 45.8 Å². The molecule has 0 saturated heterocycles. The Bertz CT molecular complexity index is 1160. The van der Waals surface area contributed by atoms with E-state index in [0.29, 0.717) is 20.9 Å². The molecule has 0 aliphatic heterocycles. The maximum atomic E-state index is 13.2. The predicted octanol–water partition coefficient (Wildman–Crippen LogP) is 2.62. The number of aromatic nitrogens is 2. The number of thioether (sulfide) groups is 1. The van der Waals surface area contributed by atoms with Crippen LogP contribution >= 0.6 is 23.1 Å². The highest BCUT2D eigenvalue weighted by Crippen LogP contribution is 2.31. The van der Waals surface area contributed by atoms with Crippen LogP contribution in [0, 0.1) is 5.82 Å². The molecule has 0 spiro atoms. The van der Waals surface area contributed by atoms with Crippen LogP contribution < -0.4 is 10.9 Å². The second-order valence-corrected chi connectivity index (χ2v) is 8.91. The smallest absolute Gasteiger partial charge is 0.260 e. The largest absolute Gasteiger partial charge is 0.352 e. The first-order chi connectivity index (χ1) is 14.4. The summed E-state index contributed by atoms with van der Waals surface area (Å²) in [7, 11) is 1.57. The van der Waals surface area contributed by atoms with Gasteiger partial charge < -0.3 is 15.2 Å². The van der Waals surface area contributed by atoms with Crippen LogP contribution in [-0.4, -0.2) is 52.1 Å². The molecule has 7 nitrogen and oxygen atoms in total. The van der Waals surface area contributed by atoms with Crippen molar-refractivity contribution in [3.63, 3.8) is 0 Å². The van der Waals surface area contributed by atoms with E-state index in [-0.39, 0.29) is 41.5 Å². The van der Waals surface area contributed by atoms with Gasteiger partial charge in [-0.3, -0.25) is 14.4 Å². The van der Waals surface area contributed by atoms with Gasteiger partial charge in [0.05, 0.1) is 17.7 Å². The highest BCUT2D eigenvalue weighted by atomic mass is 32.2. The van der Waals surface area contributed by atoms with E-state index in [0.717, 1.165) is 30.2 Å². The lowest BCUT2D eigenvalue weighted by Gasteiger charge is -2.16. The zero-order valence-corrected chi connectivity index (χ0v) is 17.7. The van der Waals surface area contributed by atoms with Crippen molar-refractivity contribution in [1.29, 1.82) is 0 Å². The Kier molecular flexibility index (Phi) is 5.87. The van der Waals surface area contributed by atoms with Crippen LogP contribution in [0.5, 0.6) is 0 Å². The molecule has 4 rings (SSSR count). The van der Waals surface area contributed by atoms with Crippen LogP contribution in [0.4, 0.5) is 4.39 Å². The zero-order valence-electron chi connectivity index (χ0n) is 16.1. The summed E-state index contributed by atoms with van der Waals surface area (Å²) in [4.78, 5) is 45.8. The Morgan fingerprint density at radius 1 is 1.33 bits per heavy atom. The number of likely N-dealkylation sites (N-methyl/N-ethyl adjacent to an activating group) is 1. The molecule has 2 N–H and O–H groups in total. The first-order valence-corrected chi connectivity index (χ1v) is 11.2. The summed E-state index contributed by atoms with van der Waals surface area (Å²) in [5.74, 6) is -0.688. The fourth-order valence-corrected chi connectivity index (χ4v) is 4.69. The average Bonchev–Trinajstić information content (AvgIpc) is 3.41. The second kappa shape index (κ2) is 8.57. The molecule has 0 unspecified atom stereocenters. The van der Waals surface area contributed by atoms with E-state index in [9.17, 15) is 18.8 Å². The van der Waals surface area contributed by atoms with Crippen LogP contribution in [0.3, 0.4) is 0 Å². The van der Waals surface area contributed by atoms with Crippen LogP contribution in [0.1, 0.15) is 12.8 Å². The Morgan fingerprint density at radius 2 is 2.07 bits per heavy atom. The summed E-state index contributed by atoms with van der Waals surface area (Å²) < 4.78 is 13.2. The summed E-state index contributed by atoms with van der Waals surface area (Å²) in [5.41, 5.74) is 1.11. The lowest BCUT2D eigenvalue weighted by atomic mass is 10.1. The Hall–Kier alpha value is -2.72. The number of hydrogen-bond donors (Lipinski definition) is 2. The van der Waals surface area contributed by atoms with E-state index in [1.165, 1.54) is 28.4 Å². The molecule has 2 aromatic heterocycles. The number of fused-ring (bicyclic) bond motifs is 1. The van der Waals surface area contributed by atoms with Crippen LogP contribution in [0.15, 0.2) is 39.6 Å². The van der Waals surface area contributed by atoms with Gasteiger partial charge in [0, 0.05) is 24.0 Å². The Balaban J connectivity index is 1.43. The number of amides is 2. The SMILES string of the molecule is CN(CC(=O)NC1CC1)C(=O)CSc1nc2scc(-c3ccc(F)cc3)c2c(=O)[nH]1.